The summed E-state index contributed by atoms with van der Waals surface area (Å²) in [7, 11) is 0. The molecule has 206 valence electrons. The van der Waals surface area contributed by atoms with Gasteiger partial charge in [-0.05, 0) is 106 Å². The van der Waals surface area contributed by atoms with E-state index in [2.05, 4.69) is 150 Å². The number of benzene rings is 7. The first-order chi connectivity index (χ1) is 20.7. The Morgan fingerprint density at radius 1 is 0.500 bits per heavy atom. The molecule has 0 aromatic heterocycles. The molecule has 0 nitrogen and oxygen atoms in total. The van der Waals surface area contributed by atoms with E-state index >= 15 is 0 Å². The van der Waals surface area contributed by atoms with Crippen LogP contribution in [0.4, 0.5) is 0 Å². The molecule has 0 N–H and O–H groups in total. The van der Waals surface area contributed by atoms with Crippen molar-refractivity contribution in [2.24, 2.45) is 0 Å². The molecule has 0 saturated carbocycles. The van der Waals surface area contributed by atoms with E-state index in [1.165, 1.54) is 65.3 Å². The largest absolute Gasteiger partial charge is 0.0991 e. The van der Waals surface area contributed by atoms with Crippen LogP contribution in [0.2, 0.25) is 0 Å². The zero-order valence-corrected chi connectivity index (χ0v) is 26.0. The molecule has 0 heterocycles. The lowest BCUT2D eigenvalue weighted by Crippen LogP contribution is -1.88. The Morgan fingerprint density at radius 3 is 1.45 bits per heavy atom. The van der Waals surface area contributed by atoms with Gasteiger partial charge in [-0.15, -0.1) is 0 Å². The van der Waals surface area contributed by atoms with Gasteiger partial charge in [0.2, 0.25) is 0 Å². The molecule has 0 atom stereocenters. The summed E-state index contributed by atoms with van der Waals surface area (Å²) in [5.41, 5.74) is 5.02. The lowest BCUT2D eigenvalue weighted by Gasteiger charge is -2.15. The Labute approximate surface area is 257 Å². The van der Waals surface area contributed by atoms with E-state index < -0.39 is 0 Å². The molecule has 0 aliphatic carbocycles. The molecular formula is C41H35Br. The first kappa shape index (κ1) is 29.0. The van der Waals surface area contributed by atoms with E-state index in [0.717, 1.165) is 4.47 Å². The maximum Gasteiger partial charge on any atom is 0.0332 e. The Hall–Kier alpha value is -4.46. The SMILES string of the molecule is Brc1c2ccccc2c(-c2ccc3ccc(-c4ccc5ccccc5c4)cc3c2)c2ccccc12.C=C/C=C\C.CC. The van der Waals surface area contributed by atoms with Gasteiger partial charge in [-0.3, -0.25) is 0 Å². The smallest absolute Gasteiger partial charge is 0.0332 e. The van der Waals surface area contributed by atoms with Crippen LogP contribution in [0, 0.1) is 0 Å². The fraction of sp³-hybridized carbons (Fsp3) is 0.0732. The topological polar surface area (TPSA) is 0 Å². The van der Waals surface area contributed by atoms with Crippen molar-refractivity contribution in [1.82, 2.24) is 0 Å². The second-order valence-electron chi connectivity index (χ2n) is 9.88. The maximum absolute atomic E-state index is 3.88. The van der Waals surface area contributed by atoms with Gasteiger partial charge in [0, 0.05) is 4.47 Å². The standard InChI is InChI=1S/C34H21Br.C5H8.C2H6/c35-34-31-11-5-3-9-29(31)33(30-10-4-6-12-32(30)34)27-18-15-23-14-17-26(20-28(23)21-27)25-16-13-22-7-1-2-8-24(22)19-25;1-3-5-4-2;1-2/h1-21H;3-5H,1H2,2H3;1-2H3/b;5-4-;. The van der Waals surface area contributed by atoms with E-state index in [1.54, 1.807) is 6.08 Å². The highest BCUT2D eigenvalue weighted by Gasteiger charge is 2.14. The van der Waals surface area contributed by atoms with Crippen LogP contribution in [0.1, 0.15) is 20.8 Å². The Morgan fingerprint density at radius 2 is 0.929 bits per heavy atom. The molecule has 0 aliphatic rings. The third-order valence-electron chi connectivity index (χ3n) is 7.41. The van der Waals surface area contributed by atoms with Crippen molar-refractivity contribution in [3.05, 3.63) is 157 Å². The highest BCUT2D eigenvalue weighted by molar-refractivity contribution is 9.10. The molecule has 0 radical (unpaired) electrons. The van der Waals surface area contributed by atoms with Crippen molar-refractivity contribution in [2.75, 3.05) is 0 Å². The van der Waals surface area contributed by atoms with E-state index in [-0.39, 0.29) is 0 Å². The molecule has 7 aromatic carbocycles. The summed E-state index contributed by atoms with van der Waals surface area (Å²) < 4.78 is 1.16. The molecule has 7 aromatic rings. The van der Waals surface area contributed by atoms with Gasteiger partial charge in [0.15, 0.2) is 0 Å². The molecular weight excluding hydrogens is 572 g/mol. The van der Waals surface area contributed by atoms with Gasteiger partial charge in [0.1, 0.15) is 0 Å². The molecule has 0 bridgehead atoms. The van der Waals surface area contributed by atoms with E-state index in [9.17, 15) is 0 Å². The highest BCUT2D eigenvalue weighted by Crippen LogP contribution is 2.42. The molecule has 0 spiro atoms. The molecule has 0 amide bonds. The molecule has 1 heteroatoms. The van der Waals surface area contributed by atoms with E-state index in [0.29, 0.717) is 0 Å². The lowest BCUT2D eigenvalue weighted by molar-refractivity contribution is 1.50. The first-order valence-electron chi connectivity index (χ1n) is 14.5. The van der Waals surface area contributed by atoms with Gasteiger partial charge in [-0.25, -0.2) is 0 Å². The zero-order valence-electron chi connectivity index (χ0n) is 24.4. The molecule has 0 unspecified atom stereocenters. The van der Waals surface area contributed by atoms with Crippen LogP contribution in [0.5, 0.6) is 0 Å². The van der Waals surface area contributed by atoms with Gasteiger partial charge < -0.3 is 0 Å². The van der Waals surface area contributed by atoms with Gasteiger partial charge in [-0.1, -0.05) is 148 Å². The average Bonchev–Trinajstić information content (AvgIpc) is 3.06. The fourth-order valence-corrected chi connectivity index (χ4v) is 6.16. The van der Waals surface area contributed by atoms with Crippen molar-refractivity contribution in [2.45, 2.75) is 20.8 Å². The molecule has 7 rings (SSSR count). The number of rotatable bonds is 3. The lowest BCUT2D eigenvalue weighted by atomic mass is 9.90. The van der Waals surface area contributed by atoms with Gasteiger partial charge in [-0.2, -0.15) is 0 Å². The van der Waals surface area contributed by atoms with Gasteiger partial charge in [0.05, 0.1) is 0 Å². The normalized spacial score (nSPS) is 10.9. The van der Waals surface area contributed by atoms with Crippen LogP contribution in [0.3, 0.4) is 0 Å². The van der Waals surface area contributed by atoms with Crippen LogP contribution in [-0.4, -0.2) is 0 Å². The van der Waals surface area contributed by atoms with Crippen molar-refractivity contribution >= 4 is 59.0 Å². The summed E-state index contributed by atoms with van der Waals surface area (Å²) in [6, 6.07) is 46.3. The maximum atomic E-state index is 3.88. The van der Waals surface area contributed by atoms with Crippen LogP contribution in [-0.2, 0) is 0 Å². The summed E-state index contributed by atoms with van der Waals surface area (Å²) in [4.78, 5) is 0. The van der Waals surface area contributed by atoms with Gasteiger partial charge in [0.25, 0.3) is 0 Å². The zero-order chi connectivity index (χ0) is 29.5. The minimum atomic E-state index is 1.16. The van der Waals surface area contributed by atoms with Crippen molar-refractivity contribution in [3.8, 4) is 22.3 Å². The van der Waals surface area contributed by atoms with Crippen molar-refractivity contribution < 1.29 is 0 Å². The average molecular weight is 608 g/mol. The van der Waals surface area contributed by atoms with Crippen LogP contribution >= 0.6 is 15.9 Å². The second-order valence-corrected chi connectivity index (χ2v) is 10.7. The quantitative estimate of drug-likeness (QED) is 0.138. The Kier molecular flexibility index (Phi) is 9.31. The fourth-order valence-electron chi connectivity index (χ4n) is 5.47. The van der Waals surface area contributed by atoms with Crippen LogP contribution in [0.25, 0.3) is 65.3 Å². The minimum absolute atomic E-state index is 1.16. The second kappa shape index (κ2) is 13.5. The van der Waals surface area contributed by atoms with E-state index in [1.807, 2.05) is 32.9 Å². The number of fused-ring (bicyclic) bond motifs is 4. The first-order valence-corrected chi connectivity index (χ1v) is 15.3. The predicted octanol–water partition coefficient (Wildman–Crippen LogP) is 13.2. The van der Waals surface area contributed by atoms with Crippen LogP contribution in [0.15, 0.2) is 157 Å². The van der Waals surface area contributed by atoms with E-state index in [4.69, 9.17) is 0 Å². The molecule has 0 aliphatic heterocycles. The summed E-state index contributed by atoms with van der Waals surface area (Å²) in [6.07, 6.45) is 5.58. The molecule has 0 saturated heterocycles. The molecule has 42 heavy (non-hydrogen) atoms. The monoisotopic (exact) mass is 606 g/mol. The third kappa shape index (κ3) is 5.79. The third-order valence-corrected chi connectivity index (χ3v) is 8.26. The summed E-state index contributed by atoms with van der Waals surface area (Å²) in [5.74, 6) is 0. The number of hydrogen-bond donors (Lipinski definition) is 0. The van der Waals surface area contributed by atoms with Crippen LogP contribution < -0.4 is 0 Å². The van der Waals surface area contributed by atoms with Gasteiger partial charge >= 0.3 is 0 Å². The Balaban J connectivity index is 0.000000459. The highest BCUT2D eigenvalue weighted by atomic mass is 79.9. The summed E-state index contributed by atoms with van der Waals surface area (Å²) in [6.45, 7) is 9.42. The number of halogens is 1. The van der Waals surface area contributed by atoms with Crippen molar-refractivity contribution in [1.29, 1.82) is 0 Å². The van der Waals surface area contributed by atoms with Crippen molar-refractivity contribution in [3.63, 3.8) is 0 Å². The summed E-state index contributed by atoms with van der Waals surface area (Å²) in [5, 5.41) is 10.1. The number of allylic oxidation sites excluding steroid dienone is 3. The summed E-state index contributed by atoms with van der Waals surface area (Å²) >= 11 is 3.88. The molecule has 0 fully saturated rings. The predicted molar refractivity (Wildman–Crippen MR) is 191 cm³/mol. The Bertz CT molecular complexity index is 1990. The number of hydrogen-bond acceptors (Lipinski definition) is 0. The minimum Gasteiger partial charge on any atom is -0.0991 e.